The lowest BCUT2D eigenvalue weighted by molar-refractivity contribution is 0.157. The van der Waals surface area contributed by atoms with E-state index in [1.165, 1.54) is 6.07 Å². The van der Waals surface area contributed by atoms with Crippen LogP contribution in [-0.2, 0) is 11.3 Å². The average molecular weight is 225 g/mol. The topological polar surface area (TPSA) is 86.3 Å². The van der Waals surface area contributed by atoms with Crippen molar-refractivity contribution in [1.29, 1.82) is 0 Å². The normalized spacial score (nSPS) is 10.0. The Labute approximate surface area is 93.0 Å². The highest BCUT2D eigenvalue weighted by Crippen LogP contribution is 1.80. The Balaban J connectivity index is 2.14. The summed E-state index contributed by atoms with van der Waals surface area (Å²) in [7, 11) is 0. The minimum atomic E-state index is -0.777. The van der Waals surface area contributed by atoms with Gasteiger partial charge in [0.1, 0.15) is 6.61 Å². The van der Waals surface area contributed by atoms with Crippen LogP contribution in [0.4, 0.5) is 4.79 Å². The van der Waals surface area contributed by atoms with E-state index in [2.05, 4.69) is 10.1 Å². The Morgan fingerprint density at radius 2 is 2.25 bits per heavy atom. The Morgan fingerprint density at radius 3 is 2.94 bits per heavy atom. The molecule has 0 fully saturated rings. The van der Waals surface area contributed by atoms with E-state index in [0.717, 1.165) is 0 Å². The van der Waals surface area contributed by atoms with E-state index in [0.29, 0.717) is 19.6 Å². The van der Waals surface area contributed by atoms with E-state index in [9.17, 15) is 9.59 Å². The predicted octanol–water partition coefficient (Wildman–Crippen LogP) is -0.467. The van der Waals surface area contributed by atoms with Crippen LogP contribution in [0.5, 0.6) is 0 Å². The zero-order valence-electron chi connectivity index (χ0n) is 8.89. The number of amides is 1. The van der Waals surface area contributed by atoms with Crippen molar-refractivity contribution in [1.82, 2.24) is 9.88 Å². The van der Waals surface area contributed by atoms with Gasteiger partial charge in [0.05, 0.1) is 0 Å². The largest absolute Gasteiger partial charge is 0.448 e. The molecule has 0 saturated carbocycles. The van der Waals surface area contributed by atoms with Crippen molar-refractivity contribution in [2.24, 2.45) is 5.73 Å². The lowest BCUT2D eigenvalue weighted by atomic mass is 10.4. The third kappa shape index (κ3) is 4.61. The second-order valence-electron chi connectivity index (χ2n) is 3.15. The Bertz CT molecular complexity index is 389. The van der Waals surface area contributed by atoms with E-state index < -0.39 is 6.09 Å². The van der Waals surface area contributed by atoms with Gasteiger partial charge < -0.3 is 20.4 Å². The molecular weight excluding hydrogens is 210 g/mol. The molecule has 0 aliphatic carbocycles. The van der Waals surface area contributed by atoms with Gasteiger partial charge in [-0.3, -0.25) is 4.79 Å². The summed E-state index contributed by atoms with van der Waals surface area (Å²) in [5.41, 5.74) is 4.75. The molecule has 0 radical (unpaired) electrons. The number of hydrogen-bond acceptors (Lipinski definition) is 4. The van der Waals surface area contributed by atoms with Crippen LogP contribution in [-0.4, -0.2) is 30.4 Å². The van der Waals surface area contributed by atoms with Gasteiger partial charge in [-0.25, -0.2) is 4.79 Å². The lowest BCUT2D eigenvalue weighted by Gasteiger charge is -2.06. The van der Waals surface area contributed by atoms with E-state index in [1.807, 2.05) is 0 Å². The summed E-state index contributed by atoms with van der Waals surface area (Å²) in [6, 6.07) is 5.01. The van der Waals surface area contributed by atoms with Crippen molar-refractivity contribution in [3.05, 3.63) is 34.7 Å². The van der Waals surface area contributed by atoms with Crippen LogP contribution in [0.3, 0.4) is 0 Å². The fourth-order valence-corrected chi connectivity index (χ4v) is 1.19. The first-order chi connectivity index (χ1) is 7.70. The summed E-state index contributed by atoms with van der Waals surface area (Å²) in [5.74, 6) is 0. The maximum Gasteiger partial charge on any atom is 0.404 e. The molecule has 0 unspecified atom stereocenters. The van der Waals surface area contributed by atoms with Crippen LogP contribution in [0.2, 0.25) is 0 Å². The van der Waals surface area contributed by atoms with E-state index in [1.54, 1.807) is 22.9 Å². The molecule has 1 rings (SSSR count). The van der Waals surface area contributed by atoms with Gasteiger partial charge >= 0.3 is 6.09 Å². The summed E-state index contributed by atoms with van der Waals surface area (Å²) in [6.45, 7) is 1.96. The fourth-order valence-electron chi connectivity index (χ4n) is 1.19. The molecule has 1 aromatic heterocycles. The molecule has 0 spiro atoms. The van der Waals surface area contributed by atoms with Crippen molar-refractivity contribution < 1.29 is 9.53 Å². The number of nitrogens with zero attached hydrogens (tertiary/aromatic N) is 1. The maximum atomic E-state index is 11.3. The number of nitrogens with one attached hydrogen (secondary N) is 1. The highest BCUT2D eigenvalue weighted by Gasteiger charge is 1.94. The summed E-state index contributed by atoms with van der Waals surface area (Å²) >= 11 is 0. The van der Waals surface area contributed by atoms with Gasteiger partial charge in [-0.2, -0.15) is 0 Å². The molecule has 0 saturated heterocycles. The molecular formula is C10H15N3O3. The first-order valence-electron chi connectivity index (χ1n) is 4.98. The SMILES string of the molecule is NC(=O)OCCNCCn1ccccc1=O. The van der Waals surface area contributed by atoms with Gasteiger partial charge in [-0.1, -0.05) is 6.07 Å². The molecule has 0 aliphatic rings. The molecule has 3 N–H and O–H groups in total. The summed E-state index contributed by atoms with van der Waals surface area (Å²) in [5, 5.41) is 3.02. The number of rotatable bonds is 6. The van der Waals surface area contributed by atoms with Crippen molar-refractivity contribution in [3.8, 4) is 0 Å². The van der Waals surface area contributed by atoms with Gasteiger partial charge in [-0.15, -0.1) is 0 Å². The van der Waals surface area contributed by atoms with Gasteiger partial charge in [-0.05, 0) is 6.07 Å². The number of nitrogens with two attached hydrogens (primary N) is 1. The maximum absolute atomic E-state index is 11.3. The van der Waals surface area contributed by atoms with Gasteiger partial charge in [0.2, 0.25) is 0 Å². The van der Waals surface area contributed by atoms with Crippen LogP contribution >= 0.6 is 0 Å². The van der Waals surface area contributed by atoms with Crippen LogP contribution in [0.1, 0.15) is 0 Å². The highest BCUT2D eigenvalue weighted by atomic mass is 16.5. The van der Waals surface area contributed by atoms with Crippen molar-refractivity contribution in [2.75, 3.05) is 19.7 Å². The molecule has 0 aliphatic heterocycles. The van der Waals surface area contributed by atoms with Crippen LogP contribution in [0, 0.1) is 0 Å². The first kappa shape index (κ1) is 12.3. The zero-order chi connectivity index (χ0) is 11.8. The molecule has 1 amide bonds. The summed E-state index contributed by atoms with van der Waals surface area (Å²) in [6.07, 6.45) is 0.949. The molecule has 88 valence electrons. The fraction of sp³-hybridized carbons (Fsp3) is 0.400. The standard InChI is InChI=1S/C10H15N3O3/c11-10(15)16-8-5-12-4-7-13-6-2-1-3-9(13)14/h1-3,6,12H,4-5,7-8H2,(H2,11,15). The third-order valence-corrected chi connectivity index (χ3v) is 1.95. The second-order valence-corrected chi connectivity index (χ2v) is 3.15. The number of carbonyl (C=O) groups is 1. The van der Waals surface area contributed by atoms with Crippen molar-refractivity contribution in [2.45, 2.75) is 6.54 Å². The minimum Gasteiger partial charge on any atom is -0.448 e. The number of primary amides is 1. The quantitative estimate of drug-likeness (QED) is 0.641. The van der Waals surface area contributed by atoms with E-state index in [-0.39, 0.29) is 12.2 Å². The second kappa shape index (κ2) is 6.62. The summed E-state index contributed by atoms with van der Waals surface area (Å²) < 4.78 is 6.12. The predicted molar refractivity (Wildman–Crippen MR) is 59.1 cm³/mol. The third-order valence-electron chi connectivity index (χ3n) is 1.95. The molecule has 6 nitrogen and oxygen atoms in total. The molecule has 16 heavy (non-hydrogen) atoms. The molecule has 0 atom stereocenters. The monoisotopic (exact) mass is 225 g/mol. The molecule has 6 heteroatoms. The summed E-state index contributed by atoms with van der Waals surface area (Å²) in [4.78, 5) is 21.5. The Morgan fingerprint density at radius 1 is 1.44 bits per heavy atom. The number of aromatic nitrogens is 1. The smallest absolute Gasteiger partial charge is 0.404 e. The highest BCUT2D eigenvalue weighted by molar-refractivity contribution is 5.64. The molecule has 1 aromatic rings. The van der Waals surface area contributed by atoms with Crippen LogP contribution in [0.25, 0.3) is 0 Å². The number of carbonyl (C=O) groups excluding carboxylic acids is 1. The molecule has 1 heterocycles. The van der Waals surface area contributed by atoms with Crippen molar-refractivity contribution >= 4 is 6.09 Å². The first-order valence-corrected chi connectivity index (χ1v) is 4.98. The van der Waals surface area contributed by atoms with Crippen LogP contribution in [0.15, 0.2) is 29.2 Å². The van der Waals surface area contributed by atoms with Gasteiger partial charge in [0.15, 0.2) is 0 Å². The Hall–Kier alpha value is -1.82. The number of ether oxygens (including phenoxy) is 1. The van der Waals surface area contributed by atoms with Crippen LogP contribution < -0.4 is 16.6 Å². The molecule has 0 aromatic carbocycles. The average Bonchev–Trinajstić information content (AvgIpc) is 2.25. The lowest BCUT2D eigenvalue weighted by Crippen LogP contribution is -2.29. The number of pyridine rings is 1. The zero-order valence-corrected chi connectivity index (χ0v) is 8.89. The van der Waals surface area contributed by atoms with Crippen molar-refractivity contribution in [3.63, 3.8) is 0 Å². The van der Waals surface area contributed by atoms with E-state index >= 15 is 0 Å². The number of hydrogen-bond donors (Lipinski definition) is 2. The Kier molecular flexibility index (Phi) is 5.07. The van der Waals surface area contributed by atoms with Gasteiger partial charge in [0.25, 0.3) is 5.56 Å². The van der Waals surface area contributed by atoms with Gasteiger partial charge in [0, 0.05) is 31.9 Å². The van der Waals surface area contributed by atoms with E-state index in [4.69, 9.17) is 5.73 Å². The molecule has 0 bridgehead atoms. The minimum absolute atomic E-state index is 0.0299.